The first kappa shape index (κ1) is 7.97. The molecule has 2 unspecified atom stereocenters. The topological polar surface area (TPSA) is 33.2 Å². The Labute approximate surface area is 82.8 Å². The van der Waals surface area contributed by atoms with E-state index < -0.39 is 0 Å². The lowest BCUT2D eigenvalue weighted by Crippen LogP contribution is -2.22. The SMILES string of the molecule is CN1C(=O)CC2Cc3cnccc3C21. The number of aromatic nitrogens is 1. The van der Waals surface area contributed by atoms with Crippen LogP contribution in [0.25, 0.3) is 0 Å². The summed E-state index contributed by atoms with van der Waals surface area (Å²) < 4.78 is 0. The van der Waals surface area contributed by atoms with Gasteiger partial charge in [0.2, 0.25) is 5.91 Å². The zero-order valence-electron chi connectivity index (χ0n) is 8.10. The molecule has 0 saturated carbocycles. The average molecular weight is 188 g/mol. The lowest BCUT2D eigenvalue weighted by atomic mass is 10.0. The molecule has 3 rings (SSSR count). The van der Waals surface area contributed by atoms with E-state index in [9.17, 15) is 4.79 Å². The molecule has 14 heavy (non-hydrogen) atoms. The minimum atomic E-state index is 0.280. The van der Waals surface area contributed by atoms with Crippen LogP contribution in [0, 0.1) is 5.92 Å². The van der Waals surface area contributed by atoms with Crippen molar-refractivity contribution < 1.29 is 4.79 Å². The first-order valence-electron chi connectivity index (χ1n) is 4.96. The molecule has 1 fully saturated rings. The summed E-state index contributed by atoms with van der Waals surface area (Å²) in [5.41, 5.74) is 2.63. The summed E-state index contributed by atoms with van der Waals surface area (Å²) in [5.74, 6) is 0.772. The molecule has 0 bridgehead atoms. The number of carbonyl (C=O) groups excluding carboxylic acids is 1. The minimum absolute atomic E-state index is 0.280. The largest absolute Gasteiger partial charge is 0.338 e. The van der Waals surface area contributed by atoms with E-state index in [1.54, 1.807) is 0 Å². The van der Waals surface area contributed by atoms with Crippen LogP contribution >= 0.6 is 0 Å². The fourth-order valence-corrected chi connectivity index (χ4v) is 2.78. The van der Waals surface area contributed by atoms with Gasteiger partial charge in [0.15, 0.2) is 0 Å². The van der Waals surface area contributed by atoms with Gasteiger partial charge in [-0.05, 0) is 29.5 Å². The lowest BCUT2D eigenvalue weighted by Gasteiger charge is -2.19. The van der Waals surface area contributed by atoms with Crippen LogP contribution in [0.2, 0.25) is 0 Å². The quantitative estimate of drug-likeness (QED) is 0.612. The van der Waals surface area contributed by atoms with E-state index in [1.165, 1.54) is 11.1 Å². The monoisotopic (exact) mass is 188 g/mol. The Balaban J connectivity index is 2.09. The number of hydrogen-bond acceptors (Lipinski definition) is 2. The Morgan fingerprint density at radius 2 is 2.36 bits per heavy atom. The Hall–Kier alpha value is -1.38. The van der Waals surface area contributed by atoms with E-state index in [4.69, 9.17) is 0 Å². The van der Waals surface area contributed by atoms with Crippen LogP contribution in [-0.4, -0.2) is 22.8 Å². The van der Waals surface area contributed by atoms with Crippen LogP contribution in [0.15, 0.2) is 18.5 Å². The molecule has 1 saturated heterocycles. The Kier molecular flexibility index (Phi) is 1.46. The van der Waals surface area contributed by atoms with E-state index in [-0.39, 0.29) is 5.91 Å². The highest BCUT2D eigenvalue weighted by molar-refractivity contribution is 5.80. The maximum Gasteiger partial charge on any atom is 0.223 e. The molecule has 1 aromatic rings. The van der Waals surface area contributed by atoms with Gasteiger partial charge in [0.05, 0.1) is 6.04 Å². The van der Waals surface area contributed by atoms with Crippen LogP contribution in [0.4, 0.5) is 0 Å². The lowest BCUT2D eigenvalue weighted by molar-refractivity contribution is -0.127. The number of hydrogen-bond donors (Lipinski definition) is 0. The van der Waals surface area contributed by atoms with E-state index in [1.807, 2.05) is 24.3 Å². The Bertz CT molecular complexity index is 402. The second kappa shape index (κ2) is 2.56. The van der Waals surface area contributed by atoms with E-state index >= 15 is 0 Å². The van der Waals surface area contributed by atoms with Crippen molar-refractivity contribution in [2.75, 3.05) is 7.05 Å². The Morgan fingerprint density at radius 1 is 1.50 bits per heavy atom. The van der Waals surface area contributed by atoms with E-state index in [2.05, 4.69) is 11.1 Å². The Morgan fingerprint density at radius 3 is 3.21 bits per heavy atom. The van der Waals surface area contributed by atoms with Crippen molar-refractivity contribution in [2.45, 2.75) is 18.9 Å². The number of fused-ring (bicyclic) bond motifs is 3. The average Bonchev–Trinajstić information content (AvgIpc) is 2.65. The van der Waals surface area contributed by atoms with Gasteiger partial charge in [-0.15, -0.1) is 0 Å². The minimum Gasteiger partial charge on any atom is -0.338 e. The van der Waals surface area contributed by atoms with Crippen LogP contribution in [0.1, 0.15) is 23.6 Å². The molecule has 1 amide bonds. The molecule has 3 nitrogen and oxygen atoms in total. The number of pyridine rings is 1. The summed E-state index contributed by atoms with van der Waals surface area (Å²) in [6.45, 7) is 0. The number of carbonyl (C=O) groups is 1. The van der Waals surface area contributed by atoms with E-state index in [0.29, 0.717) is 18.4 Å². The number of rotatable bonds is 0. The fraction of sp³-hybridized carbons (Fsp3) is 0.455. The first-order valence-corrected chi connectivity index (χ1v) is 4.96. The predicted octanol–water partition coefficient (Wildman–Crippen LogP) is 1.16. The van der Waals surface area contributed by atoms with Gasteiger partial charge < -0.3 is 4.90 Å². The summed E-state index contributed by atoms with van der Waals surface area (Å²) in [6, 6.07) is 2.37. The van der Waals surface area contributed by atoms with Gasteiger partial charge >= 0.3 is 0 Å². The molecular weight excluding hydrogens is 176 g/mol. The van der Waals surface area contributed by atoms with Crippen molar-refractivity contribution in [1.29, 1.82) is 0 Å². The third-order valence-electron chi connectivity index (χ3n) is 3.44. The molecule has 1 aliphatic heterocycles. The molecule has 72 valence electrons. The highest BCUT2D eigenvalue weighted by Crippen LogP contribution is 2.45. The third kappa shape index (κ3) is 0.870. The molecular formula is C11H12N2O. The van der Waals surface area contributed by atoms with Crippen molar-refractivity contribution in [1.82, 2.24) is 9.88 Å². The van der Waals surface area contributed by atoms with Gasteiger partial charge in [0, 0.05) is 25.9 Å². The molecule has 2 heterocycles. The number of likely N-dealkylation sites (tertiary alicyclic amines) is 1. The summed E-state index contributed by atoms with van der Waals surface area (Å²) in [7, 11) is 1.91. The highest BCUT2D eigenvalue weighted by atomic mass is 16.2. The van der Waals surface area contributed by atoms with Crippen molar-refractivity contribution >= 4 is 5.91 Å². The van der Waals surface area contributed by atoms with Gasteiger partial charge in [-0.25, -0.2) is 0 Å². The fourth-order valence-electron chi connectivity index (χ4n) is 2.78. The first-order chi connectivity index (χ1) is 6.77. The van der Waals surface area contributed by atoms with Crippen LogP contribution in [-0.2, 0) is 11.2 Å². The van der Waals surface area contributed by atoms with Gasteiger partial charge in [0.25, 0.3) is 0 Å². The summed E-state index contributed by atoms with van der Waals surface area (Å²) in [4.78, 5) is 17.5. The van der Waals surface area contributed by atoms with Gasteiger partial charge in [0.1, 0.15) is 0 Å². The molecule has 1 aliphatic carbocycles. The van der Waals surface area contributed by atoms with Crippen LogP contribution in [0.5, 0.6) is 0 Å². The molecule has 0 radical (unpaired) electrons. The number of nitrogens with zero attached hydrogens (tertiary/aromatic N) is 2. The summed E-state index contributed by atoms with van der Waals surface area (Å²) >= 11 is 0. The zero-order valence-corrected chi connectivity index (χ0v) is 8.10. The highest BCUT2D eigenvalue weighted by Gasteiger charge is 2.43. The van der Waals surface area contributed by atoms with Crippen molar-refractivity contribution in [3.63, 3.8) is 0 Å². The van der Waals surface area contributed by atoms with E-state index in [0.717, 1.165) is 6.42 Å². The normalized spacial score (nSPS) is 29.2. The smallest absolute Gasteiger partial charge is 0.223 e. The molecule has 0 aromatic carbocycles. The van der Waals surface area contributed by atoms with Crippen LogP contribution in [0.3, 0.4) is 0 Å². The second-order valence-corrected chi connectivity index (χ2v) is 4.19. The van der Waals surface area contributed by atoms with Crippen molar-refractivity contribution in [2.24, 2.45) is 5.92 Å². The maximum absolute atomic E-state index is 11.5. The zero-order chi connectivity index (χ0) is 9.71. The molecule has 1 aromatic heterocycles. The van der Waals surface area contributed by atoms with Gasteiger partial charge in [-0.3, -0.25) is 9.78 Å². The molecule has 2 atom stereocenters. The molecule has 0 N–H and O–H groups in total. The van der Waals surface area contributed by atoms with Gasteiger partial charge in [-0.2, -0.15) is 0 Å². The maximum atomic E-state index is 11.5. The van der Waals surface area contributed by atoms with Crippen LogP contribution < -0.4 is 0 Å². The molecule has 0 spiro atoms. The summed E-state index contributed by atoms with van der Waals surface area (Å²) in [6.07, 6.45) is 5.48. The standard InChI is InChI=1S/C11H12N2O/c1-13-10(14)5-7-4-8-6-12-3-2-9(8)11(7)13/h2-3,6-7,11H,4-5H2,1H3. The van der Waals surface area contributed by atoms with Crippen molar-refractivity contribution in [3.8, 4) is 0 Å². The van der Waals surface area contributed by atoms with Gasteiger partial charge in [-0.1, -0.05) is 0 Å². The predicted molar refractivity (Wildman–Crippen MR) is 51.6 cm³/mol. The third-order valence-corrected chi connectivity index (χ3v) is 3.44. The van der Waals surface area contributed by atoms with Crippen molar-refractivity contribution in [3.05, 3.63) is 29.6 Å². The number of amides is 1. The molecule has 3 heteroatoms. The second-order valence-electron chi connectivity index (χ2n) is 4.19. The summed E-state index contributed by atoms with van der Waals surface area (Å²) in [5, 5.41) is 0. The molecule has 2 aliphatic rings.